The van der Waals surface area contributed by atoms with Gasteiger partial charge in [0.1, 0.15) is 0 Å². The number of urea groups is 1. The van der Waals surface area contributed by atoms with E-state index in [1.54, 1.807) is 0 Å². The standard InChI is InChI=1S/C24H20N2O2S2/c27-23(19-13-14-29-16-19)21-12-11-20(30-21)15-25-24(28)26-22(17-7-3-1-4-8-17)18-9-5-2-6-10-18/h1-14,16,22H,15H2,(H2,25,26,28). The highest BCUT2D eigenvalue weighted by molar-refractivity contribution is 7.14. The van der Waals surface area contributed by atoms with Gasteiger partial charge >= 0.3 is 6.03 Å². The molecule has 2 aromatic carbocycles. The molecule has 0 aliphatic carbocycles. The van der Waals surface area contributed by atoms with Crippen LogP contribution in [0.5, 0.6) is 0 Å². The van der Waals surface area contributed by atoms with Crippen LogP contribution < -0.4 is 10.6 Å². The predicted molar refractivity (Wildman–Crippen MR) is 122 cm³/mol. The smallest absolute Gasteiger partial charge is 0.315 e. The Morgan fingerprint density at radius 2 is 1.50 bits per heavy atom. The van der Waals surface area contributed by atoms with Crippen molar-refractivity contribution in [1.29, 1.82) is 0 Å². The van der Waals surface area contributed by atoms with Crippen LogP contribution in [-0.4, -0.2) is 11.8 Å². The monoisotopic (exact) mass is 432 g/mol. The zero-order valence-corrected chi connectivity index (χ0v) is 17.7. The first kappa shape index (κ1) is 20.1. The number of carbonyl (C=O) groups is 2. The molecule has 4 aromatic rings. The summed E-state index contributed by atoms with van der Waals surface area (Å²) in [6, 6.07) is 24.8. The quantitative estimate of drug-likeness (QED) is 0.372. The summed E-state index contributed by atoms with van der Waals surface area (Å²) >= 11 is 2.91. The molecule has 4 rings (SSSR count). The van der Waals surface area contributed by atoms with Crippen LogP contribution in [0.15, 0.2) is 89.6 Å². The summed E-state index contributed by atoms with van der Waals surface area (Å²) in [7, 11) is 0. The first-order valence-electron chi connectivity index (χ1n) is 9.50. The number of benzene rings is 2. The van der Waals surface area contributed by atoms with Gasteiger partial charge in [-0.3, -0.25) is 4.79 Å². The summed E-state index contributed by atoms with van der Waals surface area (Å²) in [5.41, 5.74) is 2.73. The Kier molecular flexibility index (Phi) is 6.37. The molecular weight excluding hydrogens is 412 g/mol. The normalized spacial score (nSPS) is 10.7. The maximum atomic E-state index is 12.6. The fourth-order valence-electron chi connectivity index (χ4n) is 3.13. The van der Waals surface area contributed by atoms with E-state index in [2.05, 4.69) is 10.6 Å². The molecule has 0 spiro atoms. The second-order valence-electron chi connectivity index (χ2n) is 6.69. The zero-order valence-electron chi connectivity index (χ0n) is 16.1. The molecule has 0 radical (unpaired) electrons. The van der Waals surface area contributed by atoms with E-state index in [9.17, 15) is 9.59 Å². The average Bonchev–Trinajstić information content (AvgIpc) is 3.49. The molecule has 0 aliphatic heterocycles. The molecule has 150 valence electrons. The number of ketones is 1. The second-order valence-corrected chi connectivity index (χ2v) is 8.64. The molecule has 0 atom stereocenters. The number of nitrogens with one attached hydrogen (secondary N) is 2. The van der Waals surface area contributed by atoms with Crippen molar-refractivity contribution in [3.05, 3.63) is 116 Å². The number of hydrogen-bond donors (Lipinski definition) is 2. The van der Waals surface area contributed by atoms with Gasteiger partial charge < -0.3 is 10.6 Å². The molecule has 0 unspecified atom stereocenters. The molecule has 2 heterocycles. The van der Waals surface area contributed by atoms with Gasteiger partial charge in [-0.1, -0.05) is 60.7 Å². The summed E-state index contributed by atoms with van der Waals surface area (Å²) < 4.78 is 0. The Bertz CT molecular complexity index is 1070. The van der Waals surface area contributed by atoms with Crippen LogP contribution in [0.1, 0.15) is 37.3 Å². The van der Waals surface area contributed by atoms with Crippen LogP contribution in [0.4, 0.5) is 4.79 Å². The minimum absolute atomic E-state index is 0.0187. The first-order valence-corrected chi connectivity index (χ1v) is 11.3. The average molecular weight is 433 g/mol. The molecule has 2 amide bonds. The van der Waals surface area contributed by atoms with Crippen LogP contribution in [0.25, 0.3) is 0 Å². The number of thiophene rings is 2. The van der Waals surface area contributed by atoms with Crippen molar-refractivity contribution in [3.8, 4) is 0 Å². The SMILES string of the molecule is O=C(NCc1ccc(C(=O)c2ccsc2)s1)NC(c1ccccc1)c1ccccc1. The Hall–Kier alpha value is -3.22. The summed E-state index contributed by atoms with van der Waals surface area (Å²) in [6.45, 7) is 0.365. The predicted octanol–water partition coefficient (Wildman–Crippen LogP) is 5.63. The third kappa shape index (κ3) is 4.84. The summed E-state index contributed by atoms with van der Waals surface area (Å²) in [4.78, 5) is 26.7. The fraction of sp³-hybridized carbons (Fsp3) is 0.0833. The van der Waals surface area contributed by atoms with Crippen molar-refractivity contribution in [3.63, 3.8) is 0 Å². The molecule has 0 bridgehead atoms. The minimum Gasteiger partial charge on any atom is -0.333 e. The van der Waals surface area contributed by atoms with E-state index in [1.165, 1.54) is 22.7 Å². The van der Waals surface area contributed by atoms with Gasteiger partial charge in [0, 0.05) is 15.8 Å². The zero-order chi connectivity index (χ0) is 20.8. The molecule has 6 heteroatoms. The van der Waals surface area contributed by atoms with Crippen molar-refractivity contribution < 1.29 is 9.59 Å². The molecule has 0 fully saturated rings. The lowest BCUT2D eigenvalue weighted by atomic mass is 9.99. The van der Waals surface area contributed by atoms with Crippen molar-refractivity contribution in [2.75, 3.05) is 0 Å². The van der Waals surface area contributed by atoms with Crippen LogP contribution in [-0.2, 0) is 6.54 Å². The van der Waals surface area contributed by atoms with Gasteiger partial charge in [0.25, 0.3) is 0 Å². The Balaban J connectivity index is 1.40. The second kappa shape index (κ2) is 9.52. The Labute approximate surface area is 183 Å². The largest absolute Gasteiger partial charge is 0.333 e. The lowest BCUT2D eigenvalue weighted by Crippen LogP contribution is -2.37. The number of carbonyl (C=O) groups excluding carboxylic acids is 2. The van der Waals surface area contributed by atoms with Gasteiger partial charge in [-0.2, -0.15) is 11.3 Å². The maximum Gasteiger partial charge on any atom is 0.315 e. The molecular formula is C24H20N2O2S2. The van der Waals surface area contributed by atoms with Crippen molar-refractivity contribution in [2.45, 2.75) is 12.6 Å². The number of hydrogen-bond acceptors (Lipinski definition) is 4. The summed E-state index contributed by atoms with van der Waals surface area (Å²) in [5.74, 6) is 0.0187. The Morgan fingerprint density at radius 3 is 2.10 bits per heavy atom. The summed E-state index contributed by atoms with van der Waals surface area (Å²) in [6.07, 6.45) is 0. The van der Waals surface area contributed by atoms with E-state index >= 15 is 0 Å². The molecule has 30 heavy (non-hydrogen) atoms. The minimum atomic E-state index is -0.258. The summed E-state index contributed by atoms with van der Waals surface area (Å²) in [5, 5.41) is 9.71. The highest BCUT2D eigenvalue weighted by atomic mass is 32.1. The fourth-order valence-corrected chi connectivity index (χ4v) is 4.68. The van der Waals surface area contributed by atoms with Gasteiger partial charge in [0.05, 0.1) is 17.5 Å². The molecule has 2 aromatic heterocycles. The van der Waals surface area contributed by atoms with Crippen LogP contribution in [0, 0.1) is 0 Å². The topological polar surface area (TPSA) is 58.2 Å². The van der Waals surface area contributed by atoms with Crippen molar-refractivity contribution in [1.82, 2.24) is 10.6 Å². The van der Waals surface area contributed by atoms with Gasteiger partial charge in [-0.05, 0) is 34.7 Å². The highest BCUT2D eigenvalue weighted by Crippen LogP contribution is 2.23. The highest BCUT2D eigenvalue weighted by Gasteiger charge is 2.17. The lowest BCUT2D eigenvalue weighted by Gasteiger charge is -2.20. The van der Waals surface area contributed by atoms with E-state index in [-0.39, 0.29) is 17.9 Å². The van der Waals surface area contributed by atoms with Crippen LogP contribution >= 0.6 is 22.7 Å². The van der Waals surface area contributed by atoms with E-state index in [0.717, 1.165) is 16.0 Å². The van der Waals surface area contributed by atoms with E-state index < -0.39 is 0 Å². The van der Waals surface area contributed by atoms with E-state index in [0.29, 0.717) is 17.0 Å². The van der Waals surface area contributed by atoms with E-state index in [4.69, 9.17) is 0 Å². The molecule has 0 saturated heterocycles. The van der Waals surface area contributed by atoms with Gasteiger partial charge in [0.15, 0.2) is 0 Å². The third-order valence-electron chi connectivity index (χ3n) is 4.63. The van der Waals surface area contributed by atoms with Crippen LogP contribution in [0.3, 0.4) is 0 Å². The molecule has 0 aliphatic rings. The maximum absolute atomic E-state index is 12.6. The van der Waals surface area contributed by atoms with Crippen molar-refractivity contribution >= 4 is 34.5 Å². The van der Waals surface area contributed by atoms with Crippen molar-refractivity contribution in [2.24, 2.45) is 0 Å². The van der Waals surface area contributed by atoms with E-state index in [1.807, 2.05) is 89.6 Å². The third-order valence-corrected chi connectivity index (χ3v) is 6.40. The van der Waals surface area contributed by atoms with Gasteiger partial charge in [-0.25, -0.2) is 4.79 Å². The molecule has 2 N–H and O–H groups in total. The molecule has 4 nitrogen and oxygen atoms in total. The van der Waals surface area contributed by atoms with Gasteiger partial charge in [0.2, 0.25) is 5.78 Å². The first-order chi connectivity index (χ1) is 14.7. The Morgan fingerprint density at radius 1 is 0.833 bits per heavy atom. The number of rotatable bonds is 7. The van der Waals surface area contributed by atoms with Crippen LogP contribution in [0.2, 0.25) is 0 Å². The number of amides is 2. The van der Waals surface area contributed by atoms with Gasteiger partial charge in [-0.15, -0.1) is 11.3 Å². The lowest BCUT2D eigenvalue weighted by molar-refractivity contribution is 0.104. The molecule has 0 saturated carbocycles.